The number of morpholine rings is 1. The zero-order valence-corrected chi connectivity index (χ0v) is 16.9. The number of nitrogens with one attached hydrogen (secondary N) is 1. The maximum atomic E-state index is 14.1. The molecule has 1 fully saturated rings. The van der Waals surface area contributed by atoms with Gasteiger partial charge in [-0.1, -0.05) is 18.2 Å². The molecule has 1 saturated heterocycles. The Morgan fingerprint density at radius 1 is 1.21 bits per heavy atom. The maximum Gasteiger partial charge on any atom is 0.262 e. The first-order valence-corrected chi connectivity index (χ1v) is 9.80. The van der Waals surface area contributed by atoms with E-state index in [1.165, 1.54) is 6.07 Å². The van der Waals surface area contributed by atoms with E-state index in [4.69, 9.17) is 9.72 Å². The van der Waals surface area contributed by atoms with Crippen LogP contribution in [0.15, 0.2) is 41.2 Å². The molecule has 0 spiro atoms. The van der Waals surface area contributed by atoms with Crippen LogP contribution in [0.5, 0.6) is 0 Å². The zero-order valence-electron chi connectivity index (χ0n) is 16.9. The van der Waals surface area contributed by atoms with Crippen LogP contribution in [-0.2, 0) is 11.8 Å². The molecule has 0 aliphatic carbocycles. The van der Waals surface area contributed by atoms with Gasteiger partial charge in [-0.3, -0.25) is 9.36 Å². The Bertz CT molecular complexity index is 1110. The van der Waals surface area contributed by atoms with Crippen LogP contribution >= 0.6 is 0 Å². The number of fused-ring (bicyclic) bond motifs is 1. The fraction of sp³-hybridized carbons (Fsp3) is 0.364. The zero-order chi connectivity index (χ0) is 20.5. The molecular formula is C22H25FN4O2. The maximum absolute atomic E-state index is 14.1. The van der Waals surface area contributed by atoms with Gasteiger partial charge in [-0.05, 0) is 37.6 Å². The summed E-state index contributed by atoms with van der Waals surface area (Å²) in [5.41, 5.74) is 2.83. The lowest BCUT2D eigenvalue weighted by atomic mass is 10.0. The summed E-state index contributed by atoms with van der Waals surface area (Å²) in [6.07, 6.45) is 0. The van der Waals surface area contributed by atoms with Crippen LogP contribution in [-0.4, -0.2) is 35.9 Å². The second kappa shape index (κ2) is 7.83. The van der Waals surface area contributed by atoms with Crippen molar-refractivity contribution in [1.82, 2.24) is 9.55 Å². The normalized spacial score (nSPS) is 15.5. The minimum Gasteiger partial charge on any atom is -0.378 e. The molecule has 1 aliphatic rings. The Morgan fingerprint density at radius 3 is 2.66 bits per heavy atom. The summed E-state index contributed by atoms with van der Waals surface area (Å²) in [5.74, 6) is 0.322. The predicted octanol–water partition coefficient (Wildman–Crippen LogP) is 3.39. The van der Waals surface area contributed by atoms with Gasteiger partial charge in [0.25, 0.3) is 5.56 Å². The summed E-state index contributed by atoms with van der Waals surface area (Å²) in [4.78, 5) is 20.1. The number of aryl methyl sites for hydroxylation is 1. The largest absolute Gasteiger partial charge is 0.378 e. The average Bonchev–Trinajstić information content (AvgIpc) is 2.72. The molecule has 1 unspecified atom stereocenters. The van der Waals surface area contributed by atoms with Crippen molar-refractivity contribution >= 4 is 22.5 Å². The van der Waals surface area contributed by atoms with Crippen molar-refractivity contribution in [2.24, 2.45) is 7.05 Å². The fourth-order valence-corrected chi connectivity index (χ4v) is 3.81. The summed E-state index contributed by atoms with van der Waals surface area (Å²) >= 11 is 0. The third-order valence-electron chi connectivity index (χ3n) is 5.34. The molecule has 2 heterocycles. The number of hydrogen-bond donors (Lipinski definition) is 1. The number of anilines is 2. The van der Waals surface area contributed by atoms with Crippen molar-refractivity contribution in [3.05, 3.63) is 63.7 Å². The first-order valence-electron chi connectivity index (χ1n) is 9.80. The van der Waals surface area contributed by atoms with Gasteiger partial charge in [-0.2, -0.15) is 0 Å². The molecule has 2 aromatic carbocycles. The Morgan fingerprint density at radius 2 is 1.93 bits per heavy atom. The number of benzene rings is 2. The van der Waals surface area contributed by atoms with Gasteiger partial charge < -0.3 is 15.0 Å². The third kappa shape index (κ3) is 3.70. The number of aromatic nitrogens is 2. The van der Waals surface area contributed by atoms with Gasteiger partial charge >= 0.3 is 0 Å². The number of rotatable bonds is 4. The van der Waals surface area contributed by atoms with Gasteiger partial charge in [0.1, 0.15) is 5.82 Å². The Balaban J connectivity index is 1.83. The van der Waals surface area contributed by atoms with E-state index < -0.39 is 0 Å². The first-order chi connectivity index (χ1) is 14.0. The highest BCUT2D eigenvalue weighted by molar-refractivity contribution is 5.84. The van der Waals surface area contributed by atoms with Crippen molar-refractivity contribution in [2.45, 2.75) is 19.9 Å². The number of ether oxygens (including phenoxy) is 1. The monoisotopic (exact) mass is 396 g/mol. The van der Waals surface area contributed by atoms with E-state index in [-0.39, 0.29) is 17.4 Å². The molecule has 3 aromatic rings. The smallest absolute Gasteiger partial charge is 0.262 e. The molecule has 1 aromatic heterocycles. The fourth-order valence-electron chi connectivity index (χ4n) is 3.81. The second-order valence-corrected chi connectivity index (χ2v) is 7.47. The van der Waals surface area contributed by atoms with E-state index >= 15 is 0 Å². The highest BCUT2D eigenvalue weighted by Gasteiger charge is 2.21. The molecular weight excluding hydrogens is 371 g/mol. The molecule has 152 valence electrons. The third-order valence-corrected chi connectivity index (χ3v) is 5.34. The SMILES string of the molecule is Cc1cc(C(C)Nc2ccccc2F)c2nc(N3CCOCC3)n(C)c(=O)c2c1. The minimum atomic E-state index is -0.311. The van der Waals surface area contributed by atoms with Gasteiger partial charge in [-0.15, -0.1) is 0 Å². The van der Waals surface area contributed by atoms with Crippen molar-refractivity contribution in [1.29, 1.82) is 0 Å². The summed E-state index contributed by atoms with van der Waals surface area (Å²) < 4.78 is 21.2. The van der Waals surface area contributed by atoms with Gasteiger partial charge in [0.15, 0.2) is 0 Å². The van der Waals surface area contributed by atoms with Crippen LogP contribution in [0.2, 0.25) is 0 Å². The number of para-hydroxylation sites is 1. The molecule has 7 heteroatoms. The Labute approximate surface area is 168 Å². The molecule has 1 N–H and O–H groups in total. The van der Waals surface area contributed by atoms with E-state index in [2.05, 4.69) is 10.2 Å². The molecule has 0 bridgehead atoms. The van der Waals surface area contributed by atoms with Crippen LogP contribution in [0.3, 0.4) is 0 Å². The molecule has 0 saturated carbocycles. The lowest BCUT2D eigenvalue weighted by Gasteiger charge is -2.29. The molecule has 6 nitrogen and oxygen atoms in total. The van der Waals surface area contributed by atoms with Crippen LogP contribution in [0, 0.1) is 12.7 Å². The molecule has 0 amide bonds. The Hall–Kier alpha value is -2.93. The van der Waals surface area contributed by atoms with Crippen molar-refractivity contribution in [2.75, 3.05) is 36.5 Å². The lowest BCUT2D eigenvalue weighted by Crippen LogP contribution is -2.40. The average molecular weight is 396 g/mol. The molecule has 1 aliphatic heterocycles. The topological polar surface area (TPSA) is 59.4 Å². The number of hydrogen-bond acceptors (Lipinski definition) is 5. The molecule has 1 atom stereocenters. The molecule has 4 rings (SSSR count). The summed E-state index contributed by atoms with van der Waals surface area (Å²) in [6, 6.07) is 10.2. The van der Waals surface area contributed by atoms with Crippen LogP contribution in [0.4, 0.5) is 16.0 Å². The highest BCUT2D eigenvalue weighted by Crippen LogP contribution is 2.28. The molecule has 29 heavy (non-hydrogen) atoms. The van der Waals surface area contributed by atoms with Gasteiger partial charge in [0.2, 0.25) is 5.95 Å². The summed E-state index contributed by atoms with van der Waals surface area (Å²) in [7, 11) is 1.75. The number of nitrogens with zero attached hydrogens (tertiary/aromatic N) is 3. The number of halogens is 1. The quantitative estimate of drug-likeness (QED) is 0.733. The van der Waals surface area contributed by atoms with E-state index in [1.54, 1.807) is 29.8 Å². The lowest BCUT2D eigenvalue weighted by molar-refractivity contribution is 0.121. The Kier molecular flexibility index (Phi) is 5.24. The second-order valence-electron chi connectivity index (χ2n) is 7.47. The minimum absolute atomic E-state index is 0.0838. The van der Waals surface area contributed by atoms with E-state index in [9.17, 15) is 9.18 Å². The van der Waals surface area contributed by atoms with Crippen LogP contribution < -0.4 is 15.8 Å². The standard InChI is InChI=1S/C22H25FN4O2/c1-14-12-16(15(2)24-19-7-5-4-6-18(19)23)20-17(13-14)21(28)26(3)22(25-20)27-8-10-29-11-9-27/h4-7,12-13,15,24H,8-11H2,1-3H3. The van der Waals surface area contributed by atoms with Gasteiger partial charge in [0.05, 0.1) is 35.8 Å². The van der Waals surface area contributed by atoms with Crippen LogP contribution in [0.1, 0.15) is 24.1 Å². The highest BCUT2D eigenvalue weighted by atomic mass is 19.1. The first kappa shape index (κ1) is 19.4. The summed E-state index contributed by atoms with van der Waals surface area (Å²) in [6.45, 7) is 6.51. The predicted molar refractivity (Wildman–Crippen MR) is 113 cm³/mol. The van der Waals surface area contributed by atoms with E-state index in [0.29, 0.717) is 48.8 Å². The van der Waals surface area contributed by atoms with Crippen molar-refractivity contribution in [3.8, 4) is 0 Å². The van der Waals surface area contributed by atoms with E-state index in [1.807, 2.05) is 26.0 Å². The van der Waals surface area contributed by atoms with Gasteiger partial charge in [0, 0.05) is 25.7 Å². The summed E-state index contributed by atoms with van der Waals surface area (Å²) in [5, 5.41) is 3.79. The van der Waals surface area contributed by atoms with Crippen molar-refractivity contribution < 1.29 is 9.13 Å². The van der Waals surface area contributed by atoms with Crippen LogP contribution in [0.25, 0.3) is 10.9 Å². The van der Waals surface area contributed by atoms with Crippen molar-refractivity contribution in [3.63, 3.8) is 0 Å². The van der Waals surface area contributed by atoms with Gasteiger partial charge in [-0.25, -0.2) is 9.37 Å². The molecule has 0 radical (unpaired) electrons. The van der Waals surface area contributed by atoms with E-state index in [0.717, 1.165) is 11.1 Å².